The molecule has 0 spiro atoms. The lowest BCUT2D eigenvalue weighted by Gasteiger charge is -2.12. The van der Waals surface area contributed by atoms with Gasteiger partial charge in [0, 0.05) is 15.6 Å². The Kier molecular flexibility index (Phi) is 4.67. The number of carbonyl (C=O) groups is 1. The van der Waals surface area contributed by atoms with E-state index in [1.807, 2.05) is 0 Å². The third-order valence-corrected chi connectivity index (χ3v) is 3.56. The van der Waals surface area contributed by atoms with Crippen molar-refractivity contribution in [3.8, 4) is 5.75 Å². The molecule has 110 valence electrons. The van der Waals surface area contributed by atoms with Crippen LogP contribution in [0.3, 0.4) is 0 Å². The second-order valence-electron chi connectivity index (χ2n) is 4.28. The minimum atomic E-state index is -4.39. The zero-order valence-corrected chi connectivity index (χ0v) is 12.2. The first-order valence-electron chi connectivity index (χ1n) is 5.94. The number of halogens is 4. The van der Waals surface area contributed by atoms with E-state index in [-0.39, 0.29) is 6.61 Å². The van der Waals surface area contributed by atoms with Crippen LogP contribution in [0.5, 0.6) is 5.75 Å². The maximum Gasteiger partial charge on any atom is 0.416 e. The Labute approximate surface area is 127 Å². The molecule has 0 heterocycles. The molecule has 0 radical (unpaired) electrons. The van der Waals surface area contributed by atoms with Crippen LogP contribution in [0.1, 0.15) is 21.5 Å². The van der Waals surface area contributed by atoms with Crippen LogP contribution >= 0.6 is 15.9 Å². The summed E-state index contributed by atoms with van der Waals surface area (Å²) in [6.45, 7) is -0.00899. The SMILES string of the molecule is O=Cc1ccc(OCc2cc(C(F)(F)F)ccc2Br)cc1. The van der Waals surface area contributed by atoms with E-state index < -0.39 is 11.7 Å². The van der Waals surface area contributed by atoms with Gasteiger partial charge in [0.05, 0.1) is 5.56 Å². The number of aldehydes is 1. The highest BCUT2D eigenvalue weighted by Gasteiger charge is 2.30. The van der Waals surface area contributed by atoms with Crippen LogP contribution in [0.2, 0.25) is 0 Å². The van der Waals surface area contributed by atoms with Crippen LogP contribution in [0.15, 0.2) is 46.9 Å². The molecule has 0 saturated carbocycles. The highest BCUT2D eigenvalue weighted by atomic mass is 79.9. The van der Waals surface area contributed by atoms with Crippen molar-refractivity contribution < 1.29 is 22.7 Å². The van der Waals surface area contributed by atoms with Gasteiger partial charge in [-0.1, -0.05) is 15.9 Å². The van der Waals surface area contributed by atoms with Crippen LogP contribution in [-0.4, -0.2) is 6.29 Å². The fraction of sp³-hybridized carbons (Fsp3) is 0.133. The Morgan fingerprint density at radius 2 is 1.76 bits per heavy atom. The summed E-state index contributed by atoms with van der Waals surface area (Å²) in [6.07, 6.45) is -3.69. The summed E-state index contributed by atoms with van der Waals surface area (Å²) in [5.41, 5.74) is 0.174. The van der Waals surface area contributed by atoms with Crippen molar-refractivity contribution in [3.63, 3.8) is 0 Å². The largest absolute Gasteiger partial charge is 0.489 e. The molecule has 0 aliphatic heterocycles. The van der Waals surface area contributed by atoms with E-state index in [0.29, 0.717) is 27.6 Å². The van der Waals surface area contributed by atoms with Crippen LogP contribution in [0.4, 0.5) is 13.2 Å². The molecule has 0 aromatic heterocycles. The average Bonchev–Trinajstić information content (AvgIpc) is 2.45. The number of ether oxygens (including phenoxy) is 1. The lowest BCUT2D eigenvalue weighted by molar-refractivity contribution is -0.137. The van der Waals surface area contributed by atoms with E-state index in [2.05, 4.69) is 15.9 Å². The first-order valence-corrected chi connectivity index (χ1v) is 6.73. The molecule has 2 rings (SSSR count). The second kappa shape index (κ2) is 6.30. The van der Waals surface area contributed by atoms with Gasteiger partial charge in [0.25, 0.3) is 0 Å². The molecule has 0 amide bonds. The Bertz CT molecular complexity index is 636. The predicted molar refractivity (Wildman–Crippen MR) is 75.3 cm³/mol. The molecule has 0 aliphatic carbocycles. The normalized spacial score (nSPS) is 11.2. The highest BCUT2D eigenvalue weighted by molar-refractivity contribution is 9.10. The highest BCUT2D eigenvalue weighted by Crippen LogP contribution is 2.32. The van der Waals surface area contributed by atoms with Crippen molar-refractivity contribution in [1.29, 1.82) is 0 Å². The minimum Gasteiger partial charge on any atom is -0.489 e. The monoisotopic (exact) mass is 358 g/mol. The molecular formula is C15H10BrF3O2. The van der Waals surface area contributed by atoms with E-state index in [0.717, 1.165) is 12.1 Å². The Morgan fingerprint density at radius 1 is 1.10 bits per heavy atom. The predicted octanol–water partition coefficient (Wildman–Crippen LogP) is 4.86. The number of hydrogen-bond acceptors (Lipinski definition) is 2. The molecule has 0 atom stereocenters. The van der Waals surface area contributed by atoms with Gasteiger partial charge in [-0.15, -0.1) is 0 Å². The van der Waals surface area contributed by atoms with Crippen molar-refractivity contribution in [3.05, 3.63) is 63.6 Å². The molecule has 0 unspecified atom stereocenters. The zero-order chi connectivity index (χ0) is 15.5. The van der Waals surface area contributed by atoms with E-state index in [9.17, 15) is 18.0 Å². The molecule has 0 N–H and O–H groups in total. The lowest BCUT2D eigenvalue weighted by atomic mass is 10.1. The third kappa shape index (κ3) is 4.07. The standard InChI is InChI=1S/C15H10BrF3O2/c16-14-6-3-12(15(17,18)19)7-11(14)9-21-13-4-1-10(8-20)2-5-13/h1-8H,9H2. The van der Waals surface area contributed by atoms with Crippen LogP contribution in [-0.2, 0) is 12.8 Å². The maximum atomic E-state index is 12.7. The summed E-state index contributed by atoms with van der Waals surface area (Å²) in [7, 11) is 0. The number of alkyl halides is 3. The fourth-order valence-corrected chi connectivity index (χ4v) is 2.03. The summed E-state index contributed by atoms with van der Waals surface area (Å²) in [5, 5.41) is 0. The van der Waals surface area contributed by atoms with Crippen LogP contribution < -0.4 is 4.74 Å². The first-order chi connectivity index (χ1) is 9.90. The van der Waals surface area contributed by atoms with E-state index in [1.54, 1.807) is 24.3 Å². The Hall–Kier alpha value is -1.82. The van der Waals surface area contributed by atoms with Gasteiger partial charge in [-0.05, 0) is 42.5 Å². The van der Waals surface area contributed by atoms with Gasteiger partial charge >= 0.3 is 6.18 Å². The van der Waals surface area contributed by atoms with Crippen molar-refractivity contribution >= 4 is 22.2 Å². The molecule has 2 aromatic carbocycles. The number of rotatable bonds is 4. The topological polar surface area (TPSA) is 26.3 Å². The van der Waals surface area contributed by atoms with Crippen LogP contribution in [0.25, 0.3) is 0 Å². The molecule has 0 fully saturated rings. The Balaban J connectivity index is 2.13. The minimum absolute atomic E-state index is 0.00899. The number of carbonyl (C=O) groups excluding carboxylic acids is 1. The molecule has 2 aromatic rings. The van der Waals surface area contributed by atoms with E-state index >= 15 is 0 Å². The average molecular weight is 359 g/mol. The first kappa shape index (κ1) is 15.6. The summed E-state index contributed by atoms with van der Waals surface area (Å²) >= 11 is 3.20. The van der Waals surface area contributed by atoms with Crippen molar-refractivity contribution in [2.45, 2.75) is 12.8 Å². The molecule has 21 heavy (non-hydrogen) atoms. The molecule has 0 saturated heterocycles. The third-order valence-electron chi connectivity index (χ3n) is 2.78. The van der Waals surface area contributed by atoms with Gasteiger partial charge in [0.2, 0.25) is 0 Å². The second-order valence-corrected chi connectivity index (χ2v) is 5.13. The molecule has 0 aliphatic rings. The van der Waals surface area contributed by atoms with Crippen molar-refractivity contribution in [2.24, 2.45) is 0 Å². The number of benzene rings is 2. The van der Waals surface area contributed by atoms with E-state index in [4.69, 9.17) is 4.74 Å². The summed E-state index contributed by atoms with van der Waals surface area (Å²) < 4.78 is 43.9. The Morgan fingerprint density at radius 3 is 2.33 bits per heavy atom. The molecule has 6 heteroatoms. The summed E-state index contributed by atoms with van der Waals surface area (Å²) in [5.74, 6) is 0.477. The maximum absolute atomic E-state index is 12.7. The van der Waals surface area contributed by atoms with E-state index in [1.165, 1.54) is 6.07 Å². The van der Waals surface area contributed by atoms with Crippen molar-refractivity contribution in [1.82, 2.24) is 0 Å². The lowest BCUT2D eigenvalue weighted by Crippen LogP contribution is -2.06. The van der Waals surface area contributed by atoms with Gasteiger partial charge in [0.15, 0.2) is 0 Å². The molecule has 0 bridgehead atoms. The zero-order valence-electron chi connectivity index (χ0n) is 10.7. The fourth-order valence-electron chi connectivity index (χ4n) is 1.67. The van der Waals surface area contributed by atoms with Gasteiger partial charge in [-0.3, -0.25) is 4.79 Å². The van der Waals surface area contributed by atoms with Gasteiger partial charge in [-0.2, -0.15) is 13.2 Å². The van der Waals surface area contributed by atoms with Crippen molar-refractivity contribution in [2.75, 3.05) is 0 Å². The summed E-state index contributed by atoms with van der Waals surface area (Å²) in [4.78, 5) is 10.5. The summed E-state index contributed by atoms with van der Waals surface area (Å²) in [6, 6.07) is 9.72. The molecule has 2 nitrogen and oxygen atoms in total. The number of hydrogen-bond donors (Lipinski definition) is 0. The van der Waals surface area contributed by atoms with Crippen LogP contribution in [0, 0.1) is 0 Å². The van der Waals surface area contributed by atoms with Gasteiger partial charge in [-0.25, -0.2) is 0 Å². The van der Waals surface area contributed by atoms with Gasteiger partial charge < -0.3 is 4.74 Å². The van der Waals surface area contributed by atoms with Gasteiger partial charge in [0.1, 0.15) is 18.6 Å². The quantitative estimate of drug-likeness (QED) is 0.729. The molecular weight excluding hydrogens is 349 g/mol. The smallest absolute Gasteiger partial charge is 0.416 e.